The normalized spacial score (nSPS) is 20.8. The molecule has 1 saturated heterocycles. The van der Waals surface area contributed by atoms with Crippen LogP contribution in [0.25, 0.3) is 0 Å². The monoisotopic (exact) mass is 337 g/mol. The molecule has 0 bridgehead atoms. The molecular formula is C19H19N3O3. The van der Waals surface area contributed by atoms with E-state index in [4.69, 9.17) is 0 Å². The molecule has 0 spiro atoms. The van der Waals surface area contributed by atoms with Crippen molar-refractivity contribution in [2.45, 2.75) is 19.3 Å². The van der Waals surface area contributed by atoms with Crippen LogP contribution in [-0.4, -0.2) is 24.9 Å². The molecule has 0 atom stereocenters. The van der Waals surface area contributed by atoms with E-state index in [2.05, 4.69) is 30.9 Å². The van der Waals surface area contributed by atoms with Gasteiger partial charge in [-0.1, -0.05) is 44.2 Å². The smallest absolute Gasteiger partial charge is 0.328 e. The minimum absolute atomic E-state index is 0.100. The number of barbiturate groups is 1. The number of nitrogens with one attached hydrogen (secondary N) is 2. The predicted octanol–water partition coefficient (Wildman–Crippen LogP) is 2.15. The molecule has 6 nitrogen and oxygen atoms in total. The van der Waals surface area contributed by atoms with Crippen LogP contribution in [0.2, 0.25) is 0 Å². The summed E-state index contributed by atoms with van der Waals surface area (Å²) in [6.45, 7) is 4.31. The molecule has 1 fully saturated rings. The highest BCUT2D eigenvalue weighted by atomic mass is 16.2. The van der Waals surface area contributed by atoms with Crippen LogP contribution >= 0.6 is 0 Å². The number of anilines is 1. The molecule has 0 radical (unpaired) electrons. The number of hydrogen-bond donors (Lipinski definition) is 2. The van der Waals surface area contributed by atoms with Crippen molar-refractivity contribution in [3.63, 3.8) is 0 Å². The van der Waals surface area contributed by atoms with E-state index in [1.54, 1.807) is 12.2 Å². The first kappa shape index (κ1) is 16.7. The summed E-state index contributed by atoms with van der Waals surface area (Å²) in [6.07, 6.45) is 6.75. The van der Waals surface area contributed by atoms with E-state index in [9.17, 15) is 14.4 Å². The van der Waals surface area contributed by atoms with Gasteiger partial charge in [-0.15, -0.1) is 0 Å². The van der Waals surface area contributed by atoms with E-state index in [1.807, 2.05) is 35.9 Å². The number of nitrogens with zero attached hydrogens (tertiary/aromatic N) is 1. The van der Waals surface area contributed by atoms with Gasteiger partial charge in [-0.3, -0.25) is 20.2 Å². The molecule has 3 rings (SSSR count). The van der Waals surface area contributed by atoms with Gasteiger partial charge in [-0.2, -0.15) is 0 Å². The lowest BCUT2D eigenvalue weighted by molar-refractivity contribution is -0.124. The number of para-hydroxylation sites is 1. The van der Waals surface area contributed by atoms with Crippen LogP contribution in [0.3, 0.4) is 0 Å². The van der Waals surface area contributed by atoms with Crippen molar-refractivity contribution in [3.05, 3.63) is 65.4 Å². The highest BCUT2D eigenvalue weighted by Gasteiger charge is 2.37. The van der Waals surface area contributed by atoms with Crippen LogP contribution in [0, 0.1) is 0 Å². The standard InChI is InChI=1S/C19H19N3O3/c1-19(2)13-9-5-6-10-14(13)22(3)15(19)11-7-4-8-12-16(23)20-18(25)21-17(12)24/h4-11H,1-3H3,(H2,20,21,23,24,25)/b7-4+,15-11+. The molecule has 1 aromatic carbocycles. The van der Waals surface area contributed by atoms with Crippen molar-refractivity contribution in [1.29, 1.82) is 0 Å². The molecule has 1 aromatic rings. The van der Waals surface area contributed by atoms with Gasteiger partial charge in [0, 0.05) is 23.8 Å². The van der Waals surface area contributed by atoms with E-state index in [0.717, 1.165) is 11.4 Å². The zero-order chi connectivity index (χ0) is 18.2. The van der Waals surface area contributed by atoms with Crippen LogP contribution in [0.5, 0.6) is 0 Å². The van der Waals surface area contributed by atoms with E-state index in [1.165, 1.54) is 11.6 Å². The summed E-state index contributed by atoms with van der Waals surface area (Å²) < 4.78 is 0. The molecule has 2 N–H and O–H groups in total. The van der Waals surface area contributed by atoms with Crippen molar-refractivity contribution < 1.29 is 14.4 Å². The zero-order valence-corrected chi connectivity index (χ0v) is 14.3. The molecule has 2 heterocycles. The molecule has 128 valence electrons. The minimum atomic E-state index is -0.801. The van der Waals surface area contributed by atoms with Gasteiger partial charge in [0.2, 0.25) is 0 Å². The lowest BCUT2D eigenvalue weighted by Crippen LogP contribution is -2.51. The molecule has 0 aromatic heterocycles. The second-order valence-electron chi connectivity index (χ2n) is 6.46. The predicted molar refractivity (Wildman–Crippen MR) is 94.9 cm³/mol. The molecular weight excluding hydrogens is 318 g/mol. The summed E-state index contributed by atoms with van der Waals surface area (Å²) in [7, 11) is 2.01. The fraction of sp³-hybridized carbons (Fsp3) is 0.211. The first-order valence-corrected chi connectivity index (χ1v) is 7.91. The molecule has 2 aliphatic heterocycles. The van der Waals surface area contributed by atoms with Crippen LogP contribution in [0.4, 0.5) is 10.5 Å². The number of benzene rings is 1. The Morgan fingerprint density at radius 2 is 1.56 bits per heavy atom. The Balaban J connectivity index is 1.84. The Morgan fingerprint density at radius 1 is 0.960 bits per heavy atom. The zero-order valence-electron chi connectivity index (χ0n) is 14.3. The van der Waals surface area contributed by atoms with E-state index in [-0.39, 0.29) is 11.0 Å². The molecule has 0 saturated carbocycles. The number of likely N-dealkylation sites (N-methyl/N-ethyl adjacent to an activating group) is 1. The second kappa shape index (κ2) is 6.05. The van der Waals surface area contributed by atoms with Gasteiger partial charge in [-0.25, -0.2) is 4.79 Å². The highest BCUT2D eigenvalue weighted by Crippen LogP contribution is 2.46. The number of fused-ring (bicyclic) bond motifs is 1. The fourth-order valence-electron chi connectivity index (χ4n) is 3.23. The topological polar surface area (TPSA) is 78.5 Å². The first-order valence-electron chi connectivity index (χ1n) is 7.91. The van der Waals surface area contributed by atoms with Crippen LogP contribution in [-0.2, 0) is 15.0 Å². The highest BCUT2D eigenvalue weighted by molar-refractivity contribution is 6.29. The number of imide groups is 2. The van der Waals surface area contributed by atoms with E-state index < -0.39 is 17.8 Å². The van der Waals surface area contributed by atoms with Crippen LogP contribution < -0.4 is 15.5 Å². The SMILES string of the molecule is CN1/C(=C/C=C/C=C2C(=O)NC(=O)NC2=O)C(C)(C)c2ccccc21. The van der Waals surface area contributed by atoms with Gasteiger partial charge in [0.05, 0.1) is 0 Å². The van der Waals surface area contributed by atoms with Crippen molar-refractivity contribution in [1.82, 2.24) is 10.6 Å². The molecule has 25 heavy (non-hydrogen) atoms. The Kier molecular flexibility index (Phi) is 4.04. The number of carbonyl (C=O) groups is 3. The molecule has 6 heteroatoms. The maximum absolute atomic E-state index is 11.7. The third-order valence-electron chi connectivity index (χ3n) is 4.51. The Bertz CT molecular complexity index is 840. The van der Waals surface area contributed by atoms with Crippen molar-refractivity contribution in [2.24, 2.45) is 0 Å². The number of carbonyl (C=O) groups excluding carboxylic acids is 3. The van der Waals surface area contributed by atoms with E-state index >= 15 is 0 Å². The van der Waals surface area contributed by atoms with Gasteiger partial charge in [0.25, 0.3) is 11.8 Å². The number of urea groups is 1. The minimum Gasteiger partial charge on any atom is -0.347 e. The molecule has 4 amide bonds. The summed E-state index contributed by atoms with van der Waals surface area (Å²) >= 11 is 0. The summed E-state index contributed by atoms with van der Waals surface area (Å²) in [5.41, 5.74) is 3.28. The summed E-state index contributed by atoms with van der Waals surface area (Å²) in [5.74, 6) is -1.39. The Labute approximate surface area is 145 Å². The lowest BCUT2D eigenvalue weighted by atomic mass is 9.84. The van der Waals surface area contributed by atoms with Gasteiger partial charge in [0.1, 0.15) is 5.57 Å². The van der Waals surface area contributed by atoms with Crippen molar-refractivity contribution in [2.75, 3.05) is 11.9 Å². The second-order valence-corrected chi connectivity index (χ2v) is 6.46. The summed E-state index contributed by atoms with van der Waals surface area (Å²) in [6, 6.07) is 7.43. The average molecular weight is 337 g/mol. The fourth-order valence-corrected chi connectivity index (χ4v) is 3.23. The van der Waals surface area contributed by atoms with Crippen LogP contribution in [0.1, 0.15) is 19.4 Å². The van der Waals surface area contributed by atoms with Crippen molar-refractivity contribution in [3.8, 4) is 0 Å². The number of hydrogen-bond acceptors (Lipinski definition) is 4. The largest absolute Gasteiger partial charge is 0.347 e. The summed E-state index contributed by atoms with van der Waals surface area (Å²) in [5, 5.41) is 4.08. The maximum atomic E-state index is 11.7. The average Bonchev–Trinajstić information content (AvgIpc) is 2.74. The van der Waals surface area contributed by atoms with Gasteiger partial charge in [-0.05, 0) is 23.8 Å². The summed E-state index contributed by atoms with van der Waals surface area (Å²) in [4.78, 5) is 36.5. The Morgan fingerprint density at radius 3 is 2.20 bits per heavy atom. The maximum Gasteiger partial charge on any atom is 0.328 e. The number of rotatable bonds is 2. The van der Waals surface area contributed by atoms with Gasteiger partial charge in [0.15, 0.2) is 0 Å². The van der Waals surface area contributed by atoms with Crippen molar-refractivity contribution >= 4 is 23.5 Å². The number of amides is 4. The third kappa shape index (κ3) is 2.87. The Hall–Kier alpha value is -3.15. The molecule has 0 aliphatic carbocycles. The van der Waals surface area contributed by atoms with E-state index in [0.29, 0.717) is 0 Å². The van der Waals surface area contributed by atoms with Gasteiger partial charge >= 0.3 is 6.03 Å². The number of allylic oxidation sites excluding steroid dienone is 5. The van der Waals surface area contributed by atoms with Crippen LogP contribution in [0.15, 0.2) is 59.8 Å². The third-order valence-corrected chi connectivity index (χ3v) is 4.51. The molecule has 0 unspecified atom stereocenters. The van der Waals surface area contributed by atoms with Gasteiger partial charge < -0.3 is 4.90 Å². The molecule has 2 aliphatic rings. The first-order chi connectivity index (χ1) is 11.8. The quantitative estimate of drug-likeness (QED) is 0.640. The lowest BCUT2D eigenvalue weighted by Gasteiger charge is -2.23.